The molecular formula is C15H20N6O3. The molecule has 24 heavy (non-hydrogen) atoms. The van der Waals surface area contributed by atoms with Gasteiger partial charge in [-0.05, 0) is 0 Å². The van der Waals surface area contributed by atoms with Gasteiger partial charge in [-0.2, -0.15) is 4.98 Å². The number of morpholine rings is 1. The predicted molar refractivity (Wildman–Crippen MR) is 85.5 cm³/mol. The van der Waals surface area contributed by atoms with Crippen LogP contribution in [0, 0.1) is 5.92 Å². The maximum Gasteiger partial charge on any atom is 0.250 e. The molecule has 0 radical (unpaired) electrons. The second-order valence-corrected chi connectivity index (χ2v) is 6.24. The van der Waals surface area contributed by atoms with Crippen molar-refractivity contribution in [3.8, 4) is 0 Å². The molecule has 0 N–H and O–H groups in total. The van der Waals surface area contributed by atoms with Crippen molar-refractivity contribution < 1.29 is 14.3 Å². The van der Waals surface area contributed by atoms with Crippen molar-refractivity contribution in [1.29, 1.82) is 0 Å². The topological polar surface area (TPSA) is 92.9 Å². The fourth-order valence-corrected chi connectivity index (χ4v) is 3.35. The zero-order valence-corrected chi connectivity index (χ0v) is 13.6. The number of Topliss-reactive ketones (excluding diaryl/α,β-unsaturated/α-hetero) is 1. The molecule has 1 atom stereocenters. The number of ketones is 1. The third-order valence-electron chi connectivity index (χ3n) is 4.65. The highest BCUT2D eigenvalue weighted by atomic mass is 16.5. The van der Waals surface area contributed by atoms with Crippen LogP contribution in [-0.4, -0.2) is 76.5 Å². The number of amides is 1. The van der Waals surface area contributed by atoms with Crippen LogP contribution in [0.1, 0.15) is 13.3 Å². The molecule has 9 heteroatoms. The zero-order chi connectivity index (χ0) is 16.7. The van der Waals surface area contributed by atoms with Crippen molar-refractivity contribution in [2.75, 3.05) is 44.3 Å². The predicted octanol–water partition coefficient (Wildman–Crippen LogP) is -0.362. The number of aliphatic imine (C=N–C) groups is 1. The average molecular weight is 332 g/mol. The lowest BCUT2D eigenvalue weighted by Gasteiger charge is -2.34. The summed E-state index contributed by atoms with van der Waals surface area (Å²) in [6.45, 7) is 5.80. The van der Waals surface area contributed by atoms with Gasteiger partial charge in [0.05, 0.1) is 32.0 Å². The summed E-state index contributed by atoms with van der Waals surface area (Å²) in [7, 11) is 0. The molecule has 1 aromatic rings. The molecule has 0 aromatic carbocycles. The smallest absolute Gasteiger partial charge is 0.250 e. The number of piperidine rings is 1. The summed E-state index contributed by atoms with van der Waals surface area (Å²) in [6.07, 6.45) is 0.405. The minimum atomic E-state index is -0.103. The number of anilines is 1. The second-order valence-electron chi connectivity index (χ2n) is 6.24. The Kier molecular flexibility index (Phi) is 3.79. The van der Waals surface area contributed by atoms with E-state index in [2.05, 4.69) is 20.0 Å². The molecule has 4 heterocycles. The number of hydrogen-bond acceptors (Lipinski definition) is 7. The van der Waals surface area contributed by atoms with Crippen molar-refractivity contribution >= 4 is 29.3 Å². The SMILES string of the molecule is CCC(=O)N1CC(=O)C2=Nc3nc(N4CCOCC4)nn3CC2C1. The molecule has 3 aliphatic rings. The molecule has 128 valence electrons. The number of fused-ring (bicyclic) bond motifs is 2. The first-order chi connectivity index (χ1) is 11.7. The second kappa shape index (κ2) is 5.97. The van der Waals surface area contributed by atoms with Crippen molar-refractivity contribution in [1.82, 2.24) is 19.7 Å². The van der Waals surface area contributed by atoms with Gasteiger partial charge in [0.2, 0.25) is 17.8 Å². The van der Waals surface area contributed by atoms with E-state index >= 15 is 0 Å². The van der Waals surface area contributed by atoms with E-state index in [1.165, 1.54) is 0 Å². The van der Waals surface area contributed by atoms with Crippen LogP contribution >= 0.6 is 0 Å². The van der Waals surface area contributed by atoms with Crippen LogP contribution in [0.3, 0.4) is 0 Å². The van der Waals surface area contributed by atoms with Gasteiger partial charge in [-0.1, -0.05) is 6.92 Å². The molecule has 9 nitrogen and oxygen atoms in total. The van der Waals surface area contributed by atoms with Crippen LogP contribution in [0.2, 0.25) is 0 Å². The molecule has 4 rings (SSSR count). The summed E-state index contributed by atoms with van der Waals surface area (Å²) in [5.74, 6) is 0.918. The largest absolute Gasteiger partial charge is 0.378 e. The minimum absolute atomic E-state index is 0.000734. The first-order valence-electron chi connectivity index (χ1n) is 8.32. The maximum atomic E-state index is 12.4. The number of likely N-dealkylation sites (tertiary alicyclic amines) is 1. The van der Waals surface area contributed by atoms with Gasteiger partial charge in [-0.25, -0.2) is 9.67 Å². The van der Waals surface area contributed by atoms with Gasteiger partial charge < -0.3 is 14.5 Å². The number of rotatable bonds is 2. The van der Waals surface area contributed by atoms with E-state index < -0.39 is 0 Å². The van der Waals surface area contributed by atoms with Crippen LogP contribution < -0.4 is 4.90 Å². The number of aromatic nitrogens is 3. The number of carbonyl (C=O) groups excluding carboxylic acids is 2. The Balaban J connectivity index is 1.58. The van der Waals surface area contributed by atoms with Crippen molar-refractivity contribution in [3.05, 3.63) is 0 Å². The summed E-state index contributed by atoms with van der Waals surface area (Å²) in [4.78, 5) is 36.9. The minimum Gasteiger partial charge on any atom is -0.378 e. The number of ether oxygens (including phenoxy) is 1. The molecule has 2 saturated heterocycles. The monoisotopic (exact) mass is 332 g/mol. The van der Waals surface area contributed by atoms with E-state index in [4.69, 9.17) is 4.74 Å². The molecule has 1 amide bonds. The average Bonchev–Trinajstić information content (AvgIpc) is 3.03. The summed E-state index contributed by atoms with van der Waals surface area (Å²) >= 11 is 0. The Morgan fingerprint density at radius 1 is 1.29 bits per heavy atom. The Bertz CT molecular complexity index is 706. The molecular weight excluding hydrogens is 312 g/mol. The lowest BCUT2D eigenvalue weighted by molar-refractivity contribution is -0.135. The van der Waals surface area contributed by atoms with Gasteiger partial charge in [0.25, 0.3) is 0 Å². The highest BCUT2D eigenvalue weighted by Gasteiger charge is 2.37. The van der Waals surface area contributed by atoms with Gasteiger partial charge in [-0.3, -0.25) is 9.59 Å². The Morgan fingerprint density at radius 2 is 2.08 bits per heavy atom. The fraction of sp³-hybridized carbons (Fsp3) is 0.667. The molecule has 0 saturated carbocycles. The van der Waals surface area contributed by atoms with E-state index in [9.17, 15) is 9.59 Å². The Morgan fingerprint density at radius 3 is 2.83 bits per heavy atom. The van der Waals surface area contributed by atoms with Gasteiger partial charge in [0, 0.05) is 32.0 Å². The van der Waals surface area contributed by atoms with Gasteiger partial charge >= 0.3 is 0 Å². The lowest BCUT2D eigenvalue weighted by atomic mass is 9.93. The van der Waals surface area contributed by atoms with E-state index in [0.717, 1.165) is 13.1 Å². The van der Waals surface area contributed by atoms with Crippen LogP contribution in [0.4, 0.5) is 11.9 Å². The third-order valence-corrected chi connectivity index (χ3v) is 4.65. The molecule has 0 spiro atoms. The number of nitrogens with zero attached hydrogens (tertiary/aromatic N) is 6. The van der Waals surface area contributed by atoms with Crippen LogP contribution in [0.5, 0.6) is 0 Å². The molecule has 1 aromatic heterocycles. The molecule has 1 unspecified atom stereocenters. The zero-order valence-electron chi connectivity index (χ0n) is 13.6. The lowest BCUT2D eigenvalue weighted by Crippen LogP contribution is -2.51. The van der Waals surface area contributed by atoms with E-state index in [0.29, 0.717) is 50.3 Å². The highest BCUT2D eigenvalue weighted by molar-refractivity contribution is 6.42. The van der Waals surface area contributed by atoms with Crippen molar-refractivity contribution in [2.24, 2.45) is 10.9 Å². The van der Waals surface area contributed by atoms with Gasteiger partial charge in [0.1, 0.15) is 0 Å². The molecule has 3 aliphatic heterocycles. The van der Waals surface area contributed by atoms with Gasteiger partial charge in [-0.15, -0.1) is 5.10 Å². The first kappa shape index (κ1) is 15.3. The Labute approximate surface area is 139 Å². The van der Waals surface area contributed by atoms with Crippen molar-refractivity contribution in [2.45, 2.75) is 19.9 Å². The van der Waals surface area contributed by atoms with Gasteiger partial charge in [0.15, 0.2) is 5.78 Å². The van der Waals surface area contributed by atoms with Crippen molar-refractivity contribution in [3.63, 3.8) is 0 Å². The molecule has 2 fully saturated rings. The van der Waals surface area contributed by atoms with Crippen LogP contribution in [0.15, 0.2) is 4.99 Å². The summed E-state index contributed by atoms with van der Waals surface area (Å²) in [6, 6.07) is 0. The molecule has 0 aliphatic carbocycles. The maximum absolute atomic E-state index is 12.4. The van der Waals surface area contributed by atoms with E-state index in [1.807, 2.05) is 0 Å². The number of hydrogen-bond donors (Lipinski definition) is 0. The third kappa shape index (κ3) is 2.58. The standard InChI is InChI=1S/C15H20N6O3/c1-2-12(23)20-7-10-8-21-14(16-13(10)11(22)9-20)17-15(18-21)19-3-5-24-6-4-19/h10H,2-9H2,1H3. The van der Waals surface area contributed by atoms with E-state index in [-0.39, 0.29) is 24.2 Å². The highest BCUT2D eigenvalue weighted by Crippen LogP contribution is 2.27. The number of carbonyl (C=O) groups is 2. The van der Waals surface area contributed by atoms with E-state index in [1.54, 1.807) is 16.5 Å². The summed E-state index contributed by atoms with van der Waals surface area (Å²) < 4.78 is 7.09. The first-order valence-corrected chi connectivity index (χ1v) is 8.32. The fourth-order valence-electron chi connectivity index (χ4n) is 3.35. The summed E-state index contributed by atoms with van der Waals surface area (Å²) in [5.41, 5.74) is 0.531. The van der Waals surface area contributed by atoms with Crippen LogP contribution in [-0.2, 0) is 20.9 Å². The molecule has 0 bridgehead atoms. The van der Waals surface area contributed by atoms with Crippen LogP contribution in [0.25, 0.3) is 0 Å². The quantitative estimate of drug-likeness (QED) is 0.734. The summed E-state index contributed by atoms with van der Waals surface area (Å²) in [5, 5.41) is 4.53. The Hall–Kier alpha value is -2.29. The normalized spacial score (nSPS) is 23.6.